The van der Waals surface area contributed by atoms with Crippen molar-refractivity contribution in [3.05, 3.63) is 46.9 Å². The minimum atomic E-state index is -3.62. The van der Waals surface area contributed by atoms with Crippen molar-refractivity contribution in [3.63, 3.8) is 0 Å². The average molecular weight is 486 g/mol. The Morgan fingerprint density at radius 1 is 1.09 bits per heavy atom. The highest BCUT2D eigenvalue weighted by atomic mass is 32.2. The molecule has 8 nitrogen and oxygen atoms in total. The molecule has 4 rings (SSSR count). The second-order valence-electron chi connectivity index (χ2n) is 10.3. The Balaban J connectivity index is 1.68. The smallest absolute Gasteiger partial charge is 0.261 e. The van der Waals surface area contributed by atoms with Gasteiger partial charge in [-0.05, 0) is 69.9 Å². The molecule has 1 aliphatic carbocycles. The summed E-state index contributed by atoms with van der Waals surface area (Å²) in [6, 6.07) is 8.72. The second-order valence-corrected chi connectivity index (χ2v) is 12.3. The Kier molecular flexibility index (Phi) is 6.61. The van der Waals surface area contributed by atoms with E-state index in [0.717, 1.165) is 24.8 Å². The zero-order valence-corrected chi connectivity index (χ0v) is 21.4. The molecule has 0 unspecified atom stereocenters. The van der Waals surface area contributed by atoms with Crippen LogP contribution < -0.4 is 10.9 Å². The Morgan fingerprint density at radius 2 is 1.76 bits per heavy atom. The standard InChI is InChI=1S/C25H35N5O3S/c1-17-9-7-6-8-10-20(17)30-21-15-16-26-24(31)22(21)23(28-30)27-18-11-13-19(14-12-18)34(32,33)29(5)25(2,3)4/h11-17,20H,6-10H2,1-5H3,(H,26,31)(H,27,28)/t17-,20-/m0/s1. The number of hydrogen-bond acceptors (Lipinski definition) is 5. The monoisotopic (exact) mass is 485 g/mol. The molecule has 2 atom stereocenters. The van der Waals surface area contributed by atoms with Gasteiger partial charge in [-0.25, -0.2) is 8.42 Å². The van der Waals surface area contributed by atoms with E-state index in [1.54, 1.807) is 37.5 Å². The average Bonchev–Trinajstić information content (AvgIpc) is 3.00. The van der Waals surface area contributed by atoms with Crippen molar-refractivity contribution in [1.82, 2.24) is 19.1 Å². The van der Waals surface area contributed by atoms with Gasteiger partial charge in [0.25, 0.3) is 5.56 Å². The number of fused-ring (bicyclic) bond motifs is 1. The highest BCUT2D eigenvalue weighted by Crippen LogP contribution is 2.35. The number of hydrogen-bond donors (Lipinski definition) is 2. The van der Waals surface area contributed by atoms with Crippen LogP contribution in [-0.4, -0.2) is 40.1 Å². The topological polar surface area (TPSA) is 100 Å². The van der Waals surface area contributed by atoms with E-state index < -0.39 is 15.6 Å². The fourth-order valence-corrected chi connectivity index (χ4v) is 6.16. The van der Waals surface area contributed by atoms with Crippen LogP contribution in [0.5, 0.6) is 0 Å². The van der Waals surface area contributed by atoms with Crippen LogP contribution in [0, 0.1) is 5.92 Å². The number of sulfonamides is 1. The number of aromatic amines is 1. The molecule has 0 radical (unpaired) electrons. The second kappa shape index (κ2) is 9.19. The maximum Gasteiger partial charge on any atom is 0.261 e. The van der Waals surface area contributed by atoms with Gasteiger partial charge in [-0.2, -0.15) is 9.40 Å². The lowest BCUT2D eigenvalue weighted by molar-refractivity contribution is 0.292. The van der Waals surface area contributed by atoms with Crippen molar-refractivity contribution in [1.29, 1.82) is 0 Å². The highest BCUT2D eigenvalue weighted by Gasteiger charge is 2.30. The molecule has 0 aliphatic heterocycles. The number of H-pyrrole nitrogens is 1. The van der Waals surface area contributed by atoms with Crippen molar-refractivity contribution in [2.75, 3.05) is 12.4 Å². The molecule has 34 heavy (non-hydrogen) atoms. The predicted octanol–water partition coefficient (Wildman–Crippen LogP) is 5.03. The lowest BCUT2D eigenvalue weighted by Crippen LogP contribution is -2.42. The van der Waals surface area contributed by atoms with Gasteiger partial charge in [-0.15, -0.1) is 0 Å². The number of pyridine rings is 1. The molecule has 2 aromatic heterocycles. The summed E-state index contributed by atoms with van der Waals surface area (Å²) in [6.45, 7) is 7.83. The van der Waals surface area contributed by atoms with E-state index in [-0.39, 0.29) is 16.5 Å². The number of rotatable bonds is 5. The molecule has 184 valence electrons. The summed E-state index contributed by atoms with van der Waals surface area (Å²) in [5, 5.41) is 8.62. The van der Waals surface area contributed by atoms with E-state index in [9.17, 15) is 13.2 Å². The highest BCUT2D eigenvalue weighted by molar-refractivity contribution is 7.89. The van der Waals surface area contributed by atoms with Crippen LogP contribution in [-0.2, 0) is 10.0 Å². The summed E-state index contributed by atoms with van der Waals surface area (Å²) in [5.74, 6) is 0.956. The van der Waals surface area contributed by atoms with Gasteiger partial charge in [-0.1, -0.05) is 26.2 Å². The molecule has 0 spiro atoms. The molecule has 1 fully saturated rings. The Labute approximate surface area is 201 Å². The Hall–Kier alpha value is -2.65. The van der Waals surface area contributed by atoms with E-state index >= 15 is 0 Å². The SMILES string of the molecule is C[C@H]1CCCCC[C@@H]1n1nc(Nc2ccc(S(=O)(=O)N(C)C(C)(C)C)cc2)c2c(=O)[nH]ccc21. The molecular formula is C25H35N5O3S. The van der Waals surface area contributed by atoms with Crippen LogP contribution in [0.25, 0.3) is 10.9 Å². The normalized spacial score (nSPS) is 19.9. The minimum Gasteiger partial charge on any atom is -0.338 e. The van der Waals surface area contributed by atoms with Crippen LogP contribution >= 0.6 is 0 Å². The molecule has 9 heteroatoms. The van der Waals surface area contributed by atoms with E-state index in [2.05, 4.69) is 17.2 Å². The van der Waals surface area contributed by atoms with Gasteiger partial charge < -0.3 is 10.3 Å². The van der Waals surface area contributed by atoms with Gasteiger partial charge in [0.15, 0.2) is 5.82 Å². The first kappa shape index (κ1) is 24.5. The van der Waals surface area contributed by atoms with Crippen molar-refractivity contribution >= 4 is 32.4 Å². The van der Waals surface area contributed by atoms with Gasteiger partial charge >= 0.3 is 0 Å². The van der Waals surface area contributed by atoms with E-state index in [1.165, 1.54) is 17.1 Å². The molecule has 2 heterocycles. The molecule has 1 aromatic carbocycles. The van der Waals surface area contributed by atoms with E-state index in [0.29, 0.717) is 22.8 Å². The molecule has 0 amide bonds. The number of nitrogens with zero attached hydrogens (tertiary/aromatic N) is 3. The lowest BCUT2D eigenvalue weighted by atomic mass is 9.97. The number of benzene rings is 1. The van der Waals surface area contributed by atoms with Crippen molar-refractivity contribution in [2.45, 2.75) is 76.3 Å². The van der Waals surface area contributed by atoms with Crippen molar-refractivity contribution < 1.29 is 8.42 Å². The summed E-state index contributed by atoms with van der Waals surface area (Å²) in [5.41, 5.74) is 0.758. The zero-order valence-electron chi connectivity index (χ0n) is 20.6. The number of anilines is 2. The first-order valence-electron chi connectivity index (χ1n) is 12.0. The summed E-state index contributed by atoms with van der Waals surface area (Å²) < 4.78 is 29.3. The van der Waals surface area contributed by atoms with Crippen LogP contribution in [0.2, 0.25) is 0 Å². The summed E-state index contributed by atoms with van der Waals surface area (Å²) in [6.07, 6.45) is 7.46. The molecule has 0 bridgehead atoms. The zero-order chi connectivity index (χ0) is 24.7. The van der Waals surface area contributed by atoms with E-state index in [4.69, 9.17) is 5.10 Å². The first-order valence-corrected chi connectivity index (χ1v) is 13.4. The third kappa shape index (κ3) is 4.63. The van der Waals surface area contributed by atoms with E-state index in [1.807, 2.05) is 31.5 Å². The largest absolute Gasteiger partial charge is 0.338 e. The minimum absolute atomic E-state index is 0.196. The Morgan fingerprint density at radius 3 is 2.44 bits per heavy atom. The molecule has 2 N–H and O–H groups in total. The van der Waals surface area contributed by atoms with Crippen LogP contribution in [0.15, 0.2) is 46.2 Å². The molecular weight excluding hydrogens is 450 g/mol. The number of nitrogens with one attached hydrogen (secondary N) is 2. The first-order chi connectivity index (χ1) is 16.0. The number of aromatic nitrogens is 3. The maximum atomic E-state index is 12.9. The van der Waals surface area contributed by atoms with Gasteiger partial charge in [0.1, 0.15) is 5.39 Å². The maximum absolute atomic E-state index is 12.9. The van der Waals surface area contributed by atoms with Crippen LogP contribution in [0.1, 0.15) is 65.8 Å². The molecule has 3 aromatic rings. The summed E-state index contributed by atoms with van der Waals surface area (Å²) in [4.78, 5) is 15.7. The van der Waals surface area contributed by atoms with Gasteiger partial charge in [0.2, 0.25) is 10.0 Å². The molecule has 0 saturated heterocycles. The Bertz CT molecular complexity index is 1320. The quantitative estimate of drug-likeness (QED) is 0.494. The van der Waals surface area contributed by atoms with Gasteiger partial charge in [-0.3, -0.25) is 9.48 Å². The third-order valence-corrected chi connectivity index (χ3v) is 9.12. The molecule has 1 aliphatic rings. The molecule has 1 saturated carbocycles. The fraction of sp³-hybridized carbons (Fsp3) is 0.520. The third-order valence-electron chi connectivity index (χ3n) is 6.98. The lowest BCUT2D eigenvalue weighted by Gasteiger charge is -2.30. The summed E-state index contributed by atoms with van der Waals surface area (Å²) in [7, 11) is -2.03. The van der Waals surface area contributed by atoms with Gasteiger partial charge in [0, 0.05) is 24.5 Å². The summed E-state index contributed by atoms with van der Waals surface area (Å²) >= 11 is 0. The predicted molar refractivity (Wildman–Crippen MR) is 136 cm³/mol. The van der Waals surface area contributed by atoms with Crippen LogP contribution in [0.4, 0.5) is 11.5 Å². The van der Waals surface area contributed by atoms with Crippen molar-refractivity contribution in [3.8, 4) is 0 Å². The van der Waals surface area contributed by atoms with Gasteiger partial charge in [0.05, 0.1) is 16.5 Å². The van der Waals surface area contributed by atoms with Crippen molar-refractivity contribution in [2.24, 2.45) is 5.92 Å². The van der Waals surface area contributed by atoms with Crippen LogP contribution in [0.3, 0.4) is 0 Å². The fourth-order valence-electron chi connectivity index (χ4n) is 4.64.